The number of benzene rings is 1. The number of rotatable bonds is 6. The van der Waals surface area contributed by atoms with Gasteiger partial charge in [0.2, 0.25) is 6.29 Å². The van der Waals surface area contributed by atoms with Crippen molar-refractivity contribution in [3.05, 3.63) is 29.8 Å². The van der Waals surface area contributed by atoms with Gasteiger partial charge in [0.1, 0.15) is 48.5 Å². The van der Waals surface area contributed by atoms with Crippen LogP contribution >= 0.6 is 0 Å². The molecular weight excluding hydrogens is 416 g/mol. The van der Waals surface area contributed by atoms with Gasteiger partial charge in [-0.3, -0.25) is 4.79 Å². The van der Waals surface area contributed by atoms with Crippen molar-refractivity contribution >= 4 is 5.78 Å². The monoisotopic (exact) mass is 444 g/mol. The van der Waals surface area contributed by atoms with E-state index in [-0.39, 0.29) is 18.1 Å². The summed E-state index contributed by atoms with van der Waals surface area (Å²) in [7, 11) is 0. The number of carbonyl (C=O) groups excluding carboxylic acids is 1. The van der Waals surface area contributed by atoms with Crippen LogP contribution in [0.15, 0.2) is 24.3 Å². The summed E-state index contributed by atoms with van der Waals surface area (Å²) in [5.74, 6) is 0.129. The van der Waals surface area contributed by atoms with Crippen molar-refractivity contribution in [2.45, 2.75) is 75.3 Å². The first-order chi connectivity index (χ1) is 14.6. The standard InChI is InChI=1S/C20H28O11/c1-8(21)10-3-5-11(6-4-10)30-20-18(27)16(25)14(23)12(31-20)7-28-19-17(26)15(24)13(22)9(2)29-19/h3-6,9,12-20,22-27H,7H2,1-2H3. The Morgan fingerprint density at radius 3 is 2.03 bits per heavy atom. The number of aliphatic hydroxyl groups excluding tert-OH is 6. The summed E-state index contributed by atoms with van der Waals surface area (Å²) in [5, 5.41) is 60.2. The Bertz CT molecular complexity index is 741. The van der Waals surface area contributed by atoms with Crippen LogP contribution < -0.4 is 4.74 Å². The van der Waals surface area contributed by atoms with Gasteiger partial charge in [-0.25, -0.2) is 0 Å². The zero-order valence-electron chi connectivity index (χ0n) is 17.0. The summed E-state index contributed by atoms with van der Waals surface area (Å²) in [6.45, 7) is 2.52. The first kappa shape index (κ1) is 24.0. The summed E-state index contributed by atoms with van der Waals surface area (Å²) in [5.41, 5.74) is 0.465. The quantitative estimate of drug-likeness (QED) is 0.266. The fourth-order valence-electron chi connectivity index (χ4n) is 3.39. The molecule has 10 atom stereocenters. The molecule has 2 saturated heterocycles. The predicted molar refractivity (Wildman–Crippen MR) is 102 cm³/mol. The molecule has 0 radical (unpaired) electrons. The summed E-state index contributed by atoms with van der Waals surface area (Å²) in [4.78, 5) is 11.4. The van der Waals surface area contributed by atoms with Crippen LogP contribution in [0.1, 0.15) is 24.2 Å². The molecular formula is C20H28O11. The summed E-state index contributed by atoms with van der Waals surface area (Å²) >= 11 is 0. The average molecular weight is 444 g/mol. The number of aliphatic hydroxyl groups is 6. The van der Waals surface area contributed by atoms with E-state index in [2.05, 4.69) is 0 Å². The molecule has 2 aliphatic rings. The molecule has 1 aromatic rings. The average Bonchev–Trinajstić information content (AvgIpc) is 2.75. The molecule has 0 amide bonds. The van der Waals surface area contributed by atoms with Crippen molar-refractivity contribution in [3.8, 4) is 5.75 Å². The van der Waals surface area contributed by atoms with E-state index in [0.29, 0.717) is 5.56 Å². The van der Waals surface area contributed by atoms with Gasteiger partial charge < -0.3 is 49.6 Å². The lowest BCUT2D eigenvalue weighted by Gasteiger charge is -2.42. The number of carbonyl (C=O) groups is 1. The molecule has 0 aromatic heterocycles. The Balaban J connectivity index is 1.63. The van der Waals surface area contributed by atoms with Crippen molar-refractivity contribution < 1.29 is 54.4 Å². The minimum absolute atomic E-state index is 0.129. The fourth-order valence-corrected chi connectivity index (χ4v) is 3.39. The molecule has 3 rings (SSSR count). The van der Waals surface area contributed by atoms with E-state index in [1.165, 1.54) is 38.1 Å². The van der Waals surface area contributed by atoms with Gasteiger partial charge in [-0.05, 0) is 38.1 Å². The highest BCUT2D eigenvalue weighted by Crippen LogP contribution is 2.27. The van der Waals surface area contributed by atoms with Crippen molar-refractivity contribution in [1.82, 2.24) is 0 Å². The lowest BCUT2D eigenvalue weighted by molar-refractivity contribution is -0.318. The minimum Gasteiger partial charge on any atom is -0.462 e. The van der Waals surface area contributed by atoms with E-state index in [1.54, 1.807) is 0 Å². The smallest absolute Gasteiger partial charge is 0.229 e. The first-order valence-electron chi connectivity index (χ1n) is 9.88. The van der Waals surface area contributed by atoms with Crippen LogP contribution in [-0.2, 0) is 14.2 Å². The Kier molecular flexibility index (Phi) is 7.63. The molecule has 0 spiro atoms. The minimum atomic E-state index is -1.62. The number of ketones is 1. The number of hydrogen-bond donors (Lipinski definition) is 6. The third-order valence-electron chi connectivity index (χ3n) is 5.41. The Labute approximate surface area is 178 Å². The van der Waals surface area contributed by atoms with Gasteiger partial charge in [0.15, 0.2) is 12.1 Å². The molecule has 1 aromatic carbocycles. The van der Waals surface area contributed by atoms with Gasteiger partial charge >= 0.3 is 0 Å². The van der Waals surface area contributed by atoms with Crippen LogP contribution in [0.4, 0.5) is 0 Å². The number of ether oxygens (including phenoxy) is 4. The molecule has 2 heterocycles. The molecule has 6 N–H and O–H groups in total. The largest absolute Gasteiger partial charge is 0.462 e. The van der Waals surface area contributed by atoms with E-state index < -0.39 is 61.4 Å². The normalized spacial score (nSPS) is 41.0. The zero-order valence-corrected chi connectivity index (χ0v) is 17.0. The van der Waals surface area contributed by atoms with E-state index in [4.69, 9.17) is 18.9 Å². The van der Waals surface area contributed by atoms with Gasteiger partial charge in [0, 0.05) is 5.56 Å². The highest BCUT2D eigenvalue weighted by molar-refractivity contribution is 5.94. The van der Waals surface area contributed by atoms with Crippen LogP contribution in [0.3, 0.4) is 0 Å². The highest BCUT2D eigenvalue weighted by atomic mass is 16.7. The Morgan fingerprint density at radius 1 is 0.839 bits per heavy atom. The third kappa shape index (κ3) is 5.22. The molecule has 0 bridgehead atoms. The SMILES string of the molecule is CC(=O)c1ccc(OC2OC(COC3OC(C)C(O)C(O)C3O)C(O)C(O)C2O)cc1. The molecule has 0 saturated carbocycles. The van der Waals surface area contributed by atoms with E-state index >= 15 is 0 Å². The summed E-state index contributed by atoms with van der Waals surface area (Å²) in [6, 6.07) is 6.05. The number of hydrogen-bond acceptors (Lipinski definition) is 11. The second kappa shape index (κ2) is 9.86. The predicted octanol–water partition coefficient (Wildman–Crippen LogP) is -2.08. The van der Waals surface area contributed by atoms with Gasteiger partial charge in [0.25, 0.3) is 0 Å². The van der Waals surface area contributed by atoms with E-state index in [9.17, 15) is 35.4 Å². The molecule has 174 valence electrons. The van der Waals surface area contributed by atoms with Gasteiger partial charge in [0.05, 0.1) is 12.7 Å². The van der Waals surface area contributed by atoms with Crippen molar-refractivity contribution in [1.29, 1.82) is 0 Å². The van der Waals surface area contributed by atoms with Crippen LogP contribution in [-0.4, -0.2) is 104 Å². The molecule has 31 heavy (non-hydrogen) atoms. The molecule has 10 unspecified atom stereocenters. The van der Waals surface area contributed by atoms with Gasteiger partial charge in [-0.15, -0.1) is 0 Å². The topological polar surface area (TPSA) is 175 Å². The van der Waals surface area contributed by atoms with E-state index in [0.717, 1.165) is 0 Å². The lowest BCUT2D eigenvalue weighted by Crippen LogP contribution is -2.61. The molecule has 11 nitrogen and oxygen atoms in total. The Hall–Kier alpha value is -1.67. The maximum atomic E-state index is 11.4. The van der Waals surface area contributed by atoms with Crippen LogP contribution in [0.2, 0.25) is 0 Å². The molecule has 2 aliphatic heterocycles. The fraction of sp³-hybridized carbons (Fsp3) is 0.650. The van der Waals surface area contributed by atoms with Crippen LogP contribution in [0.5, 0.6) is 5.75 Å². The summed E-state index contributed by atoms with van der Waals surface area (Å²) < 4.78 is 21.8. The maximum Gasteiger partial charge on any atom is 0.229 e. The second-order valence-electron chi connectivity index (χ2n) is 7.73. The highest BCUT2D eigenvalue weighted by Gasteiger charge is 2.47. The zero-order chi connectivity index (χ0) is 22.9. The van der Waals surface area contributed by atoms with Crippen LogP contribution in [0, 0.1) is 0 Å². The third-order valence-corrected chi connectivity index (χ3v) is 5.41. The van der Waals surface area contributed by atoms with Crippen LogP contribution in [0.25, 0.3) is 0 Å². The van der Waals surface area contributed by atoms with Gasteiger partial charge in [-0.1, -0.05) is 0 Å². The molecule has 0 aliphatic carbocycles. The maximum absolute atomic E-state index is 11.4. The Morgan fingerprint density at radius 2 is 1.42 bits per heavy atom. The van der Waals surface area contributed by atoms with E-state index in [1.807, 2.05) is 0 Å². The second-order valence-corrected chi connectivity index (χ2v) is 7.73. The van der Waals surface area contributed by atoms with Crippen molar-refractivity contribution in [2.75, 3.05) is 6.61 Å². The molecule has 11 heteroatoms. The lowest BCUT2D eigenvalue weighted by atomic mass is 9.98. The molecule has 2 fully saturated rings. The van der Waals surface area contributed by atoms with Gasteiger partial charge in [-0.2, -0.15) is 0 Å². The number of Topliss-reactive ketones (excluding diaryl/α,β-unsaturated/α-hetero) is 1. The van der Waals surface area contributed by atoms with Crippen molar-refractivity contribution in [3.63, 3.8) is 0 Å². The van der Waals surface area contributed by atoms with Crippen molar-refractivity contribution in [2.24, 2.45) is 0 Å². The summed E-state index contributed by atoms with van der Waals surface area (Å²) in [6.07, 6.45) is -13.7. The first-order valence-corrected chi connectivity index (χ1v) is 9.88.